The molecule has 5 aliphatic rings. The first kappa shape index (κ1) is 23.2. The lowest BCUT2D eigenvalue weighted by atomic mass is 9.60. The molecule has 0 aliphatic heterocycles. The van der Waals surface area contributed by atoms with Gasteiger partial charge in [0.25, 0.3) is 0 Å². The van der Waals surface area contributed by atoms with E-state index >= 15 is 0 Å². The molecule has 0 aromatic carbocycles. The molecule has 0 amide bonds. The molecule has 5 rings (SSSR count). The zero-order valence-corrected chi connectivity index (χ0v) is 20.0. The molecule has 0 saturated heterocycles. The number of carbonyl (C=O) groups excluding carboxylic acids is 2. The SMILES string of the molecule is CC1=C[C@H]2[C@@]3(O)[C@H](C)C[C@]4(OC(=O)[C@@H](N)CC5CC5)[C@H]([C@@H]3C=C(CO)C[C@]2(O)C1=O)C4(C)C. The third-order valence-corrected chi connectivity index (χ3v) is 9.74. The van der Waals surface area contributed by atoms with Crippen molar-refractivity contribution in [3.8, 4) is 0 Å². The van der Waals surface area contributed by atoms with E-state index in [1.807, 2.05) is 26.8 Å². The first-order chi connectivity index (χ1) is 15.3. The smallest absolute Gasteiger partial charge is 0.323 e. The van der Waals surface area contributed by atoms with Gasteiger partial charge in [-0.05, 0) is 42.7 Å². The number of ether oxygens (including phenoxy) is 1. The predicted octanol–water partition coefficient (Wildman–Crippen LogP) is 1.64. The zero-order chi connectivity index (χ0) is 24.1. The van der Waals surface area contributed by atoms with E-state index in [0.717, 1.165) is 12.8 Å². The van der Waals surface area contributed by atoms with E-state index in [0.29, 0.717) is 29.9 Å². The highest BCUT2D eigenvalue weighted by Gasteiger charge is 2.83. The van der Waals surface area contributed by atoms with Crippen molar-refractivity contribution in [2.45, 2.75) is 82.6 Å². The van der Waals surface area contributed by atoms with Gasteiger partial charge in [0.1, 0.15) is 17.2 Å². The van der Waals surface area contributed by atoms with Crippen LogP contribution in [-0.2, 0) is 14.3 Å². The van der Waals surface area contributed by atoms with Crippen molar-refractivity contribution in [2.75, 3.05) is 6.61 Å². The molecule has 0 aromatic rings. The standard InChI is InChI=1S/C26H37NO6/c1-13-7-19-24(31,21(13)29)11-16(12-28)8-17-20-23(3,4)25(20,10-14(2)26(17,19)32)33-22(30)18(27)9-15-5-6-15/h7-8,14-15,17-20,28,31-32H,5-6,9-12,27H2,1-4H3/t14-,17+,18+,19-,20-,24-,25+,26-/m1/s1. The maximum atomic E-state index is 13.0. The van der Waals surface area contributed by atoms with Crippen LogP contribution in [0.15, 0.2) is 23.3 Å². The monoisotopic (exact) mass is 459 g/mol. The summed E-state index contributed by atoms with van der Waals surface area (Å²) in [6.45, 7) is 7.34. The van der Waals surface area contributed by atoms with Crippen molar-refractivity contribution in [1.82, 2.24) is 0 Å². The minimum absolute atomic E-state index is 0.0153. The topological polar surface area (TPSA) is 130 Å². The van der Waals surface area contributed by atoms with Gasteiger partial charge in [-0.1, -0.05) is 45.8 Å². The summed E-state index contributed by atoms with van der Waals surface area (Å²) < 4.78 is 6.20. The van der Waals surface area contributed by atoms with Crippen LogP contribution in [0.3, 0.4) is 0 Å². The summed E-state index contributed by atoms with van der Waals surface area (Å²) in [5.41, 5.74) is 2.75. The maximum absolute atomic E-state index is 13.0. The van der Waals surface area contributed by atoms with E-state index < -0.39 is 51.8 Å². The van der Waals surface area contributed by atoms with E-state index in [2.05, 4.69) is 0 Å². The fourth-order valence-corrected chi connectivity index (χ4v) is 7.66. The first-order valence-electron chi connectivity index (χ1n) is 12.3. The highest BCUT2D eigenvalue weighted by atomic mass is 16.6. The van der Waals surface area contributed by atoms with Crippen LogP contribution in [0, 0.1) is 35.0 Å². The van der Waals surface area contributed by atoms with Crippen LogP contribution in [0.2, 0.25) is 0 Å². The van der Waals surface area contributed by atoms with Gasteiger partial charge in [0, 0.05) is 29.6 Å². The lowest BCUT2D eigenvalue weighted by Crippen LogP contribution is -2.61. The second-order valence-electron chi connectivity index (χ2n) is 12.1. The summed E-state index contributed by atoms with van der Waals surface area (Å²) >= 11 is 0. The minimum Gasteiger partial charge on any atom is -0.457 e. The van der Waals surface area contributed by atoms with Crippen molar-refractivity contribution >= 4 is 11.8 Å². The van der Waals surface area contributed by atoms with Crippen LogP contribution in [0.1, 0.15) is 59.8 Å². The molecule has 0 spiro atoms. The molecule has 5 N–H and O–H groups in total. The molecule has 8 atom stereocenters. The zero-order valence-electron chi connectivity index (χ0n) is 20.0. The van der Waals surface area contributed by atoms with Gasteiger partial charge in [0.15, 0.2) is 5.78 Å². The van der Waals surface area contributed by atoms with Gasteiger partial charge in [-0.15, -0.1) is 0 Å². The van der Waals surface area contributed by atoms with Crippen LogP contribution in [0.25, 0.3) is 0 Å². The van der Waals surface area contributed by atoms with Gasteiger partial charge in [-0.25, -0.2) is 0 Å². The number of hydrogen-bond donors (Lipinski definition) is 4. The number of ketones is 1. The number of fused-ring (bicyclic) bond motifs is 5. The van der Waals surface area contributed by atoms with E-state index in [9.17, 15) is 24.9 Å². The molecule has 182 valence electrons. The van der Waals surface area contributed by atoms with Gasteiger partial charge in [0.2, 0.25) is 0 Å². The summed E-state index contributed by atoms with van der Waals surface area (Å²) in [5, 5.41) is 33.9. The third-order valence-electron chi connectivity index (χ3n) is 9.74. The molecule has 7 heteroatoms. The summed E-state index contributed by atoms with van der Waals surface area (Å²) in [4.78, 5) is 26.0. The molecule has 0 heterocycles. The minimum atomic E-state index is -1.78. The Labute approximate surface area is 195 Å². The number of nitrogens with two attached hydrogens (primary N) is 1. The van der Waals surface area contributed by atoms with Crippen LogP contribution in [0.4, 0.5) is 0 Å². The molecular formula is C26H37NO6. The Balaban J connectivity index is 1.54. The lowest BCUT2D eigenvalue weighted by Gasteiger charge is -2.50. The van der Waals surface area contributed by atoms with E-state index in [-0.39, 0.29) is 24.9 Å². The molecule has 0 bridgehead atoms. The Hall–Kier alpha value is -1.54. The Kier molecular flexibility index (Phi) is 4.92. The fourth-order valence-electron chi connectivity index (χ4n) is 7.66. The van der Waals surface area contributed by atoms with Crippen molar-refractivity contribution in [2.24, 2.45) is 40.7 Å². The van der Waals surface area contributed by atoms with Gasteiger partial charge in [0.05, 0.1) is 12.2 Å². The number of aliphatic hydroxyl groups is 3. The molecule has 0 radical (unpaired) electrons. The quantitative estimate of drug-likeness (QED) is 0.363. The van der Waals surface area contributed by atoms with Gasteiger partial charge >= 0.3 is 5.97 Å². The van der Waals surface area contributed by atoms with Crippen molar-refractivity contribution in [3.63, 3.8) is 0 Å². The summed E-state index contributed by atoms with van der Waals surface area (Å²) in [6.07, 6.45) is 6.81. The van der Waals surface area contributed by atoms with Crippen molar-refractivity contribution in [1.29, 1.82) is 0 Å². The fraction of sp³-hybridized carbons (Fsp3) is 0.769. The van der Waals surface area contributed by atoms with Gasteiger partial charge in [-0.2, -0.15) is 0 Å². The van der Waals surface area contributed by atoms with E-state index in [1.165, 1.54) is 0 Å². The Bertz CT molecular complexity index is 966. The number of rotatable bonds is 5. The van der Waals surface area contributed by atoms with Crippen LogP contribution < -0.4 is 5.73 Å². The normalized spacial score (nSPS) is 46.2. The molecule has 7 nitrogen and oxygen atoms in total. The average molecular weight is 460 g/mol. The average Bonchev–Trinajstić information content (AvgIpc) is 3.62. The highest BCUT2D eigenvalue weighted by molar-refractivity contribution is 6.04. The second-order valence-corrected chi connectivity index (χ2v) is 12.1. The van der Waals surface area contributed by atoms with Crippen molar-refractivity contribution in [3.05, 3.63) is 23.3 Å². The van der Waals surface area contributed by atoms with Gasteiger partial charge < -0.3 is 25.8 Å². The van der Waals surface area contributed by atoms with Crippen LogP contribution in [0.5, 0.6) is 0 Å². The Morgan fingerprint density at radius 3 is 2.55 bits per heavy atom. The number of Topliss-reactive ketones (excluding diaryl/α,β-unsaturated/α-hetero) is 1. The van der Waals surface area contributed by atoms with E-state index in [1.54, 1.807) is 13.0 Å². The second kappa shape index (κ2) is 7.00. The molecule has 5 aliphatic carbocycles. The molecule has 3 saturated carbocycles. The van der Waals surface area contributed by atoms with Crippen molar-refractivity contribution < 1.29 is 29.6 Å². The van der Waals surface area contributed by atoms with Crippen LogP contribution in [-0.4, -0.2) is 56.5 Å². The molecule has 0 unspecified atom stereocenters. The van der Waals surface area contributed by atoms with Crippen LogP contribution >= 0.6 is 0 Å². The number of carbonyl (C=O) groups is 2. The summed E-state index contributed by atoms with van der Waals surface area (Å²) in [5.74, 6) is -2.13. The number of aliphatic hydroxyl groups excluding tert-OH is 1. The highest BCUT2D eigenvalue weighted by Crippen LogP contribution is 2.76. The third kappa shape index (κ3) is 2.95. The Morgan fingerprint density at radius 2 is 1.94 bits per heavy atom. The number of hydrogen-bond acceptors (Lipinski definition) is 7. The molecule has 33 heavy (non-hydrogen) atoms. The predicted molar refractivity (Wildman–Crippen MR) is 121 cm³/mol. The molecular weight excluding hydrogens is 422 g/mol. The van der Waals surface area contributed by atoms with Gasteiger partial charge in [-0.3, -0.25) is 9.59 Å². The van der Waals surface area contributed by atoms with E-state index in [4.69, 9.17) is 10.5 Å². The summed E-state index contributed by atoms with van der Waals surface area (Å²) in [7, 11) is 0. The summed E-state index contributed by atoms with van der Waals surface area (Å²) in [6, 6.07) is -0.652. The number of esters is 1. The first-order valence-corrected chi connectivity index (χ1v) is 12.3. The Morgan fingerprint density at radius 1 is 1.27 bits per heavy atom. The molecule has 3 fully saturated rings. The largest absolute Gasteiger partial charge is 0.457 e. The maximum Gasteiger partial charge on any atom is 0.323 e. The lowest BCUT2D eigenvalue weighted by molar-refractivity contribution is -0.187. The molecule has 0 aromatic heterocycles.